The Morgan fingerprint density at radius 3 is 1.55 bits per heavy atom. The van der Waals surface area contributed by atoms with Crippen LogP contribution >= 0.6 is 0 Å². The lowest BCUT2D eigenvalue weighted by Crippen LogP contribution is -2.41. The molecular weight excluding hydrogens is 370 g/mol. The summed E-state index contributed by atoms with van der Waals surface area (Å²) in [6.45, 7) is 18.8. The molecule has 29 heavy (non-hydrogen) atoms. The van der Waals surface area contributed by atoms with Crippen LogP contribution in [0.3, 0.4) is 0 Å². The summed E-state index contributed by atoms with van der Waals surface area (Å²) >= 11 is 0. The van der Waals surface area contributed by atoms with E-state index in [1.165, 1.54) is 0 Å². The summed E-state index contributed by atoms with van der Waals surface area (Å²) in [6, 6.07) is 0. The molecule has 2 saturated heterocycles. The third-order valence-corrected chi connectivity index (χ3v) is 6.97. The summed E-state index contributed by atoms with van der Waals surface area (Å²) in [4.78, 5) is 11.5. The Balaban J connectivity index is 2.02. The number of esters is 1. The third kappa shape index (κ3) is 5.57. The van der Waals surface area contributed by atoms with E-state index >= 15 is 0 Å². The molecule has 0 amide bonds. The first-order valence-corrected chi connectivity index (χ1v) is 11.1. The third-order valence-electron chi connectivity index (χ3n) is 6.97. The van der Waals surface area contributed by atoms with Crippen LogP contribution in [0.25, 0.3) is 0 Å². The summed E-state index contributed by atoms with van der Waals surface area (Å²) in [5.41, 5.74) is -1.64. The van der Waals surface area contributed by atoms with E-state index in [4.69, 9.17) is 23.4 Å². The Morgan fingerprint density at radius 2 is 1.17 bits per heavy atom. The molecule has 0 atom stereocenters. The van der Waals surface area contributed by atoms with E-state index < -0.39 is 22.4 Å². The maximum atomic E-state index is 11.5. The van der Waals surface area contributed by atoms with Crippen molar-refractivity contribution >= 4 is 20.2 Å². The zero-order chi connectivity index (χ0) is 22.1. The van der Waals surface area contributed by atoms with Gasteiger partial charge >= 0.3 is 20.2 Å². The van der Waals surface area contributed by atoms with Gasteiger partial charge in [-0.05, 0) is 68.7 Å². The van der Waals surface area contributed by atoms with Gasteiger partial charge in [0.05, 0.1) is 29.0 Å². The molecule has 0 saturated carbocycles. The number of rotatable bonds is 9. The Kier molecular flexibility index (Phi) is 7.58. The van der Waals surface area contributed by atoms with Crippen LogP contribution in [0.2, 0.25) is 5.72 Å². The standard InChI is InChI=1S/C21H40B2O6/c1-10-25-17(24)15-13-11-12-14-16(22-26-18(2,3)19(4,5)27-22)23-28-20(6,7)21(8,9)29-23/h16H,10-15H2,1-9H3. The van der Waals surface area contributed by atoms with Crippen molar-refractivity contribution in [3.8, 4) is 0 Å². The van der Waals surface area contributed by atoms with Crippen LogP contribution in [0.5, 0.6) is 0 Å². The molecular formula is C21H40B2O6. The average Bonchev–Trinajstić information content (AvgIpc) is 2.90. The van der Waals surface area contributed by atoms with Crippen LogP contribution in [0.1, 0.15) is 94.4 Å². The fraction of sp³-hybridized carbons (Fsp3) is 0.952. The van der Waals surface area contributed by atoms with Crippen LogP contribution in [0.15, 0.2) is 0 Å². The van der Waals surface area contributed by atoms with Gasteiger partial charge in [0.1, 0.15) is 0 Å². The summed E-state index contributed by atoms with van der Waals surface area (Å²) in [5, 5.41) is 0. The Labute approximate surface area is 178 Å². The highest BCUT2D eigenvalue weighted by Crippen LogP contribution is 2.46. The average molecular weight is 410 g/mol. The quantitative estimate of drug-likeness (QED) is 0.315. The fourth-order valence-electron chi connectivity index (χ4n) is 3.59. The molecule has 166 valence electrons. The van der Waals surface area contributed by atoms with Crippen molar-refractivity contribution in [3.05, 3.63) is 0 Å². The number of hydrogen-bond acceptors (Lipinski definition) is 6. The molecule has 2 aliphatic rings. The molecule has 0 N–H and O–H groups in total. The van der Waals surface area contributed by atoms with Crippen molar-refractivity contribution in [1.29, 1.82) is 0 Å². The second-order valence-corrected chi connectivity index (χ2v) is 10.3. The lowest BCUT2D eigenvalue weighted by Gasteiger charge is -2.32. The summed E-state index contributed by atoms with van der Waals surface area (Å²) < 4.78 is 30.4. The molecule has 0 radical (unpaired) electrons. The summed E-state index contributed by atoms with van der Waals surface area (Å²) in [6.07, 6.45) is 4.01. The van der Waals surface area contributed by atoms with Crippen molar-refractivity contribution in [1.82, 2.24) is 0 Å². The Hall–Kier alpha value is -0.560. The molecule has 0 aromatic heterocycles. The smallest absolute Gasteiger partial charge is 0.458 e. The predicted molar refractivity (Wildman–Crippen MR) is 116 cm³/mol. The Morgan fingerprint density at radius 1 is 0.759 bits per heavy atom. The van der Waals surface area contributed by atoms with Gasteiger partial charge in [0.25, 0.3) is 0 Å². The lowest BCUT2D eigenvalue weighted by atomic mass is 9.50. The van der Waals surface area contributed by atoms with Gasteiger partial charge in [-0.1, -0.05) is 19.3 Å². The van der Waals surface area contributed by atoms with E-state index in [2.05, 4.69) is 55.4 Å². The van der Waals surface area contributed by atoms with Crippen molar-refractivity contribution in [2.75, 3.05) is 6.61 Å². The van der Waals surface area contributed by atoms with Crippen molar-refractivity contribution < 1.29 is 28.1 Å². The lowest BCUT2D eigenvalue weighted by molar-refractivity contribution is -0.143. The first-order chi connectivity index (χ1) is 13.2. The first-order valence-electron chi connectivity index (χ1n) is 11.1. The molecule has 2 rings (SSSR count). The summed E-state index contributed by atoms with van der Waals surface area (Å²) in [5.74, 6) is -0.124. The van der Waals surface area contributed by atoms with E-state index in [1.54, 1.807) is 0 Å². The fourth-order valence-corrected chi connectivity index (χ4v) is 3.59. The minimum absolute atomic E-state index is 0.0420. The first kappa shape index (κ1) is 24.7. The van der Waals surface area contributed by atoms with Crippen molar-refractivity contribution in [2.24, 2.45) is 0 Å². The van der Waals surface area contributed by atoms with E-state index in [1.807, 2.05) is 6.92 Å². The van der Waals surface area contributed by atoms with Crippen LogP contribution in [0, 0.1) is 0 Å². The SMILES string of the molecule is CCOC(=O)CCCCCC(B1OC(C)(C)C(C)(C)O1)B1OC(C)(C)C(C)(C)O1. The van der Waals surface area contributed by atoms with Gasteiger partial charge in [-0.15, -0.1) is 0 Å². The molecule has 0 aromatic carbocycles. The van der Waals surface area contributed by atoms with Gasteiger partial charge in [0.15, 0.2) is 0 Å². The zero-order valence-corrected chi connectivity index (χ0v) is 19.9. The maximum absolute atomic E-state index is 11.5. The maximum Gasteiger partial charge on any atom is 0.458 e. The van der Waals surface area contributed by atoms with Crippen molar-refractivity contribution in [3.63, 3.8) is 0 Å². The van der Waals surface area contributed by atoms with E-state index in [9.17, 15) is 4.79 Å². The molecule has 0 aliphatic carbocycles. The number of unbranched alkanes of at least 4 members (excludes halogenated alkanes) is 2. The second kappa shape index (κ2) is 8.89. The van der Waals surface area contributed by atoms with Gasteiger partial charge in [0, 0.05) is 12.1 Å². The highest BCUT2D eigenvalue weighted by molar-refractivity contribution is 6.68. The van der Waals surface area contributed by atoms with Crippen LogP contribution in [0.4, 0.5) is 0 Å². The van der Waals surface area contributed by atoms with E-state index in [0.29, 0.717) is 13.0 Å². The highest BCUT2D eigenvalue weighted by atomic mass is 16.7. The largest absolute Gasteiger partial charge is 0.466 e. The molecule has 0 spiro atoms. The van der Waals surface area contributed by atoms with E-state index in [-0.39, 0.29) is 25.9 Å². The van der Waals surface area contributed by atoms with Gasteiger partial charge in [-0.3, -0.25) is 4.79 Å². The molecule has 2 aliphatic heterocycles. The van der Waals surface area contributed by atoms with Crippen LogP contribution in [-0.2, 0) is 28.1 Å². The molecule has 0 aromatic rings. The molecule has 2 heterocycles. The normalized spacial score (nSPS) is 24.3. The zero-order valence-electron chi connectivity index (χ0n) is 19.9. The number of ether oxygens (including phenoxy) is 1. The summed E-state index contributed by atoms with van der Waals surface area (Å²) in [7, 11) is -0.778. The molecule has 0 bridgehead atoms. The Bertz CT molecular complexity index is 508. The minimum Gasteiger partial charge on any atom is -0.466 e. The molecule has 6 nitrogen and oxygen atoms in total. The molecule has 8 heteroatoms. The highest BCUT2D eigenvalue weighted by Gasteiger charge is 2.61. The van der Waals surface area contributed by atoms with E-state index in [0.717, 1.165) is 25.7 Å². The molecule has 2 fully saturated rings. The predicted octanol–water partition coefficient (Wildman–Crippen LogP) is 4.59. The molecule has 0 unspecified atom stereocenters. The number of carbonyl (C=O) groups excluding carboxylic acids is 1. The topological polar surface area (TPSA) is 63.2 Å². The van der Waals surface area contributed by atoms with Crippen molar-refractivity contribution in [2.45, 2.75) is 123 Å². The second-order valence-electron chi connectivity index (χ2n) is 10.3. The number of hydrogen-bond donors (Lipinski definition) is 0. The van der Waals surface area contributed by atoms with Gasteiger partial charge in [0.2, 0.25) is 0 Å². The van der Waals surface area contributed by atoms with Crippen LogP contribution in [-0.4, -0.2) is 49.2 Å². The van der Waals surface area contributed by atoms with Crippen LogP contribution < -0.4 is 0 Å². The van der Waals surface area contributed by atoms with Gasteiger partial charge in [-0.2, -0.15) is 0 Å². The monoisotopic (exact) mass is 410 g/mol. The minimum atomic E-state index is -0.399. The van der Waals surface area contributed by atoms with Gasteiger partial charge < -0.3 is 23.4 Å². The number of carbonyl (C=O) groups is 1. The van der Waals surface area contributed by atoms with Gasteiger partial charge in [-0.25, -0.2) is 0 Å².